The van der Waals surface area contributed by atoms with Crippen molar-refractivity contribution in [1.82, 2.24) is 0 Å². The van der Waals surface area contributed by atoms with Crippen LogP contribution in [0.15, 0.2) is 90.6 Å². The normalized spacial score (nSPS) is 13.8. The molecule has 1 N–H and O–H groups in total. The Hall–Kier alpha value is -4.18. The van der Waals surface area contributed by atoms with Gasteiger partial charge >= 0.3 is 0 Å². The van der Waals surface area contributed by atoms with E-state index in [1.54, 1.807) is 0 Å². The molecule has 0 aliphatic carbocycles. The zero-order chi connectivity index (χ0) is 23.1. The summed E-state index contributed by atoms with van der Waals surface area (Å²) in [5.41, 5.74) is 6.02. The lowest BCUT2D eigenvalue weighted by Gasteiger charge is -2.18. The maximum Gasteiger partial charge on any atom is 0.282 e. The van der Waals surface area contributed by atoms with Gasteiger partial charge in [-0.25, -0.2) is 4.90 Å². The molecule has 0 fully saturated rings. The number of rotatable bonds is 4. The van der Waals surface area contributed by atoms with Crippen LogP contribution in [-0.2, 0) is 9.59 Å². The summed E-state index contributed by atoms with van der Waals surface area (Å²) in [7, 11) is 0. The van der Waals surface area contributed by atoms with Gasteiger partial charge in [-0.05, 0) is 61.0 Å². The van der Waals surface area contributed by atoms with Crippen LogP contribution in [0.2, 0.25) is 0 Å². The molecule has 4 nitrogen and oxygen atoms in total. The molecule has 4 aromatic carbocycles. The topological polar surface area (TPSA) is 49.4 Å². The summed E-state index contributed by atoms with van der Waals surface area (Å²) in [5, 5.41) is 5.12. The first-order chi connectivity index (χ1) is 15.9. The molecule has 0 aromatic heterocycles. The fourth-order valence-corrected chi connectivity index (χ4v) is 4.45. The molecule has 1 aliphatic heterocycles. The molecule has 0 saturated heterocycles. The second-order valence-electron chi connectivity index (χ2n) is 8.56. The van der Waals surface area contributed by atoms with Crippen molar-refractivity contribution < 1.29 is 9.59 Å². The number of carbonyl (C=O) groups excluding carboxylic acids is 2. The molecule has 0 atom stereocenters. The summed E-state index contributed by atoms with van der Waals surface area (Å²) in [6.45, 7) is 6.02. The average Bonchev–Trinajstić information content (AvgIpc) is 3.02. The molecule has 5 rings (SSSR count). The third-order valence-corrected chi connectivity index (χ3v) is 5.92. The Bertz CT molecular complexity index is 1420. The summed E-state index contributed by atoms with van der Waals surface area (Å²) in [6.07, 6.45) is 0. The lowest BCUT2D eigenvalue weighted by Crippen LogP contribution is -2.32. The lowest BCUT2D eigenvalue weighted by atomic mass is 10.0. The van der Waals surface area contributed by atoms with Crippen molar-refractivity contribution in [2.24, 2.45) is 0 Å². The monoisotopic (exact) mass is 432 g/mol. The predicted molar refractivity (Wildman–Crippen MR) is 134 cm³/mol. The molecule has 0 unspecified atom stereocenters. The van der Waals surface area contributed by atoms with Crippen molar-refractivity contribution in [3.05, 3.63) is 113 Å². The molecule has 2 amide bonds. The van der Waals surface area contributed by atoms with Crippen molar-refractivity contribution in [3.63, 3.8) is 0 Å². The average molecular weight is 433 g/mol. The maximum atomic E-state index is 13.8. The third kappa shape index (κ3) is 3.70. The van der Waals surface area contributed by atoms with Gasteiger partial charge in [0.1, 0.15) is 5.70 Å². The SMILES string of the molecule is Cc1ccc(C2=C(Nc3cc(C)cc(C)c3)C(=O)N(c3cccc4ccccc34)C2=O)cc1. The molecule has 0 saturated carbocycles. The number of hydrogen-bond acceptors (Lipinski definition) is 3. The van der Waals surface area contributed by atoms with Crippen LogP contribution in [0.1, 0.15) is 22.3 Å². The van der Waals surface area contributed by atoms with Crippen LogP contribution < -0.4 is 10.2 Å². The Morgan fingerprint density at radius 2 is 1.33 bits per heavy atom. The van der Waals surface area contributed by atoms with Gasteiger partial charge in [0.25, 0.3) is 11.8 Å². The number of anilines is 2. The van der Waals surface area contributed by atoms with Gasteiger partial charge in [0, 0.05) is 11.1 Å². The van der Waals surface area contributed by atoms with Gasteiger partial charge in [0.15, 0.2) is 0 Å². The van der Waals surface area contributed by atoms with Crippen LogP contribution in [0.4, 0.5) is 11.4 Å². The highest BCUT2D eigenvalue weighted by Crippen LogP contribution is 2.37. The number of benzene rings is 4. The van der Waals surface area contributed by atoms with Gasteiger partial charge < -0.3 is 5.32 Å². The second kappa shape index (κ2) is 8.06. The van der Waals surface area contributed by atoms with E-state index >= 15 is 0 Å². The number of nitrogens with zero attached hydrogens (tertiary/aromatic N) is 1. The fraction of sp³-hybridized carbons (Fsp3) is 0.103. The Labute approximate surface area is 193 Å². The first-order valence-electron chi connectivity index (χ1n) is 11.0. The Morgan fingerprint density at radius 3 is 2.06 bits per heavy atom. The summed E-state index contributed by atoms with van der Waals surface area (Å²) < 4.78 is 0. The van der Waals surface area contributed by atoms with Gasteiger partial charge in [-0.1, -0.05) is 72.3 Å². The van der Waals surface area contributed by atoms with E-state index < -0.39 is 0 Å². The van der Waals surface area contributed by atoms with Crippen LogP contribution in [0, 0.1) is 20.8 Å². The summed E-state index contributed by atoms with van der Waals surface area (Å²) in [4.78, 5) is 28.9. The predicted octanol–water partition coefficient (Wildman–Crippen LogP) is 6.16. The van der Waals surface area contributed by atoms with Crippen molar-refractivity contribution >= 4 is 39.5 Å². The first kappa shape index (κ1) is 20.7. The number of hydrogen-bond donors (Lipinski definition) is 1. The zero-order valence-corrected chi connectivity index (χ0v) is 18.8. The molecule has 0 spiro atoms. The lowest BCUT2D eigenvalue weighted by molar-refractivity contribution is -0.120. The van der Waals surface area contributed by atoms with Crippen molar-refractivity contribution in [2.45, 2.75) is 20.8 Å². The van der Waals surface area contributed by atoms with E-state index in [1.165, 1.54) is 4.90 Å². The Kier molecular flexibility index (Phi) is 5.06. The van der Waals surface area contributed by atoms with Gasteiger partial charge in [-0.3, -0.25) is 9.59 Å². The molecular weight excluding hydrogens is 408 g/mol. The summed E-state index contributed by atoms with van der Waals surface area (Å²) in [6, 6.07) is 27.2. The van der Waals surface area contributed by atoms with E-state index in [4.69, 9.17) is 0 Å². The Morgan fingerprint density at radius 1 is 0.667 bits per heavy atom. The van der Waals surface area contributed by atoms with Gasteiger partial charge in [0.2, 0.25) is 0 Å². The fourth-order valence-electron chi connectivity index (χ4n) is 4.45. The molecule has 0 bridgehead atoms. The highest BCUT2D eigenvalue weighted by Gasteiger charge is 2.40. The van der Waals surface area contributed by atoms with E-state index in [9.17, 15) is 9.59 Å². The van der Waals surface area contributed by atoms with E-state index in [-0.39, 0.29) is 11.8 Å². The number of carbonyl (C=O) groups is 2. The molecule has 33 heavy (non-hydrogen) atoms. The largest absolute Gasteiger partial charge is 0.350 e. The number of imide groups is 1. The van der Waals surface area contributed by atoms with Crippen LogP contribution >= 0.6 is 0 Å². The van der Waals surface area contributed by atoms with Crippen molar-refractivity contribution in [2.75, 3.05) is 10.2 Å². The van der Waals surface area contributed by atoms with Crippen LogP contribution in [-0.4, -0.2) is 11.8 Å². The van der Waals surface area contributed by atoms with Crippen LogP contribution in [0.3, 0.4) is 0 Å². The van der Waals surface area contributed by atoms with Crippen LogP contribution in [0.5, 0.6) is 0 Å². The molecule has 162 valence electrons. The molecule has 0 radical (unpaired) electrons. The number of nitrogens with one attached hydrogen (secondary N) is 1. The van der Waals surface area contributed by atoms with E-state index in [2.05, 4.69) is 11.4 Å². The van der Waals surface area contributed by atoms with Gasteiger partial charge in [0.05, 0.1) is 11.3 Å². The summed E-state index contributed by atoms with van der Waals surface area (Å²) in [5.74, 6) is -0.682. The first-order valence-corrected chi connectivity index (χ1v) is 11.0. The number of amides is 2. The molecule has 4 heteroatoms. The minimum atomic E-state index is -0.355. The quantitative estimate of drug-likeness (QED) is 0.393. The minimum Gasteiger partial charge on any atom is -0.350 e. The Balaban J connectivity index is 1.67. The van der Waals surface area contributed by atoms with Gasteiger partial charge in [-0.15, -0.1) is 0 Å². The van der Waals surface area contributed by atoms with Gasteiger partial charge in [-0.2, -0.15) is 0 Å². The molecule has 4 aromatic rings. The highest BCUT2D eigenvalue weighted by molar-refractivity contribution is 6.47. The van der Waals surface area contributed by atoms with Crippen molar-refractivity contribution in [1.29, 1.82) is 0 Å². The van der Waals surface area contributed by atoms with Crippen molar-refractivity contribution in [3.8, 4) is 0 Å². The summed E-state index contributed by atoms with van der Waals surface area (Å²) >= 11 is 0. The van der Waals surface area contributed by atoms with E-state index in [0.29, 0.717) is 22.5 Å². The maximum absolute atomic E-state index is 13.8. The van der Waals surface area contributed by atoms with E-state index in [0.717, 1.165) is 33.2 Å². The molecular formula is C29H24N2O2. The zero-order valence-electron chi connectivity index (χ0n) is 18.8. The standard InChI is InChI=1S/C29H24N2O2/c1-18-11-13-22(14-12-18)26-27(30-23-16-19(2)15-20(3)17-23)29(33)31(28(26)32)25-10-6-8-21-7-4-5-9-24(21)25/h4-17,30H,1-3H3. The smallest absolute Gasteiger partial charge is 0.282 e. The molecule has 1 heterocycles. The van der Waals surface area contributed by atoms with Crippen LogP contribution in [0.25, 0.3) is 16.3 Å². The molecule has 1 aliphatic rings. The number of aryl methyl sites for hydroxylation is 3. The highest BCUT2D eigenvalue weighted by atomic mass is 16.2. The minimum absolute atomic E-state index is 0.293. The second-order valence-corrected chi connectivity index (χ2v) is 8.56. The van der Waals surface area contributed by atoms with E-state index in [1.807, 2.05) is 99.6 Å². The number of fused-ring (bicyclic) bond motifs is 1. The third-order valence-electron chi connectivity index (χ3n) is 5.92.